The SMILES string of the molecule is C/C=C\CC/C=C\CCC[P+](c1ccccc1)(c1ccccc1)c1ccccc1.[I-]. The Hall–Kier alpha value is -1.70. The van der Waals surface area contributed by atoms with E-state index in [-0.39, 0.29) is 24.0 Å². The second-order valence-electron chi connectivity index (χ2n) is 7.30. The topological polar surface area (TPSA) is 0 Å². The van der Waals surface area contributed by atoms with Gasteiger partial charge in [0.2, 0.25) is 0 Å². The summed E-state index contributed by atoms with van der Waals surface area (Å²) >= 11 is 0. The molecule has 30 heavy (non-hydrogen) atoms. The lowest BCUT2D eigenvalue weighted by molar-refractivity contribution is -0.00000576. The van der Waals surface area contributed by atoms with Crippen LogP contribution in [0.2, 0.25) is 0 Å². The minimum Gasteiger partial charge on any atom is -1.00 e. The molecule has 0 N–H and O–H groups in total. The summed E-state index contributed by atoms with van der Waals surface area (Å²) in [7, 11) is -1.66. The van der Waals surface area contributed by atoms with Gasteiger partial charge in [-0.2, -0.15) is 0 Å². The molecule has 0 saturated carbocycles. The number of allylic oxidation sites excluding steroid dienone is 4. The summed E-state index contributed by atoms with van der Waals surface area (Å²) in [6, 6.07) is 33.5. The van der Waals surface area contributed by atoms with Gasteiger partial charge in [0, 0.05) is 0 Å². The molecular weight excluding hydrogens is 494 g/mol. The van der Waals surface area contributed by atoms with Gasteiger partial charge in [-0.1, -0.05) is 78.9 Å². The predicted octanol–water partition coefficient (Wildman–Crippen LogP) is 3.68. The van der Waals surface area contributed by atoms with E-state index in [1.807, 2.05) is 0 Å². The van der Waals surface area contributed by atoms with Gasteiger partial charge in [0.05, 0.1) is 6.16 Å². The Balaban J connectivity index is 0.00000320. The minimum absolute atomic E-state index is 0. The third-order valence-corrected chi connectivity index (χ3v) is 9.88. The fourth-order valence-electron chi connectivity index (χ4n) is 3.92. The molecular formula is C28H32IP. The lowest BCUT2D eigenvalue weighted by Gasteiger charge is -2.27. The van der Waals surface area contributed by atoms with Gasteiger partial charge in [0.15, 0.2) is 0 Å². The monoisotopic (exact) mass is 526 g/mol. The Kier molecular flexibility index (Phi) is 11.1. The molecule has 3 aromatic carbocycles. The molecule has 3 aromatic rings. The molecule has 0 spiro atoms. The molecule has 0 amide bonds. The highest BCUT2D eigenvalue weighted by molar-refractivity contribution is 7.95. The lowest BCUT2D eigenvalue weighted by Crippen LogP contribution is -3.00. The van der Waals surface area contributed by atoms with E-state index in [1.165, 1.54) is 28.5 Å². The van der Waals surface area contributed by atoms with Gasteiger partial charge in [-0.3, -0.25) is 0 Å². The van der Waals surface area contributed by atoms with Crippen LogP contribution in [0.25, 0.3) is 0 Å². The molecule has 0 fully saturated rings. The number of rotatable bonds is 10. The maximum atomic E-state index is 2.37. The highest BCUT2D eigenvalue weighted by Gasteiger charge is 2.44. The summed E-state index contributed by atoms with van der Waals surface area (Å²) in [5.41, 5.74) is 0. The molecule has 2 heteroatoms. The first-order chi connectivity index (χ1) is 14.4. The van der Waals surface area contributed by atoms with E-state index in [9.17, 15) is 0 Å². The fraction of sp³-hybridized carbons (Fsp3) is 0.214. The fourth-order valence-corrected chi connectivity index (χ4v) is 8.29. The molecule has 0 saturated heterocycles. The molecule has 0 nitrogen and oxygen atoms in total. The Morgan fingerprint density at radius 3 is 1.40 bits per heavy atom. The molecule has 0 heterocycles. The van der Waals surface area contributed by atoms with E-state index >= 15 is 0 Å². The molecule has 156 valence electrons. The Bertz CT molecular complexity index is 789. The Morgan fingerprint density at radius 2 is 0.967 bits per heavy atom. The smallest absolute Gasteiger partial charge is 0.112 e. The van der Waals surface area contributed by atoms with Gasteiger partial charge >= 0.3 is 0 Å². The quantitative estimate of drug-likeness (QED) is 0.164. The van der Waals surface area contributed by atoms with Gasteiger partial charge in [-0.05, 0) is 69.0 Å². The molecule has 0 unspecified atom stereocenters. The second kappa shape index (κ2) is 13.6. The van der Waals surface area contributed by atoms with Crippen molar-refractivity contribution in [3.63, 3.8) is 0 Å². The van der Waals surface area contributed by atoms with Crippen molar-refractivity contribution in [3.8, 4) is 0 Å². The Morgan fingerprint density at radius 1 is 0.567 bits per heavy atom. The number of unbranched alkanes of at least 4 members (excludes halogenated alkanes) is 2. The summed E-state index contributed by atoms with van der Waals surface area (Å²) in [6.45, 7) is 2.09. The van der Waals surface area contributed by atoms with Crippen molar-refractivity contribution >= 4 is 23.2 Å². The molecule has 0 radical (unpaired) electrons. The molecule has 0 bridgehead atoms. The first-order valence-electron chi connectivity index (χ1n) is 10.7. The predicted molar refractivity (Wildman–Crippen MR) is 132 cm³/mol. The standard InChI is InChI=1S/C28H32P.HI/c1-2-3-4-5-6-7-8-18-25-29(26-19-12-9-13-20-26,27-21-14-10-15-22-27)28-23-16-11-17-24-28;/h2-3,6-7,9-17,19-24H,4-5,8,18,25H2,1H3;1H/q+1;/p-1/b3-2-,7-6-;. The maximum absolute atomic E-state index is 2.37. The van der Waals surface area contributed by atoms with Crippen molar-refractivity contribution < 1.29 is 24.0 Å². The number of benzene rings is 3. The molecule has 3 rings (SSSR count). The van der Waals surface area contributed by atoms with Crippen LogP contribution in [0.1, 0.15) is 32.6 Å². The van der Waals surface area contributed by atoms with Crippen LogP contribution in [-0.2, 0) is 0 Å². The summed E-state index contributed by atoms with van der Waals surface area (Å²) in [5.74, 6) is 0. The van der Waals surface area contributed by atoms with Crippen molar-refractivity contribution in [3.05, 3.63) is 115 Å². The summed E-state index contributed by atoms with van der Waals surface area (Å²) in [4.78, 5) is 0. The molecule has 0 aromatic heterocycles. The Labute approximate surface area is 200 Å². The normalized spacial score (nSPS) is 11.6. The minimum atomic E-state index is -1.66. The van der Waals surface area contributed by atoms with Crippen molar-refractivity contribution in [1.82, 2.24) is 0 Å². The van der Waals surface area contributed by atoms with Crippen molar-refractivity contribution in [1.29, 1.82) is 0 Å². The van der Waals surface area contributed by atoms with E-state index in [1.54, 1.807) is 0 Å². The molecule has 0 aliphatic carbocycles. The van der Waals surface area contributed by atoms with Crippen LogP contribution in [-0.4, -0.2) is 6.16 Å². The van der Waals surface area contributed by atoms with E-state index in [4.69, 9.17) is 0 Å². The van der Waals surface area contributed by atoms with Gasteiger partial charge in [-0.25, -0.2) is 0 Å². The van der Waals surface area contributed by atoms with Gasteiger partial charge in [0.1, 0.15) is 23.2 Å². The van der Waals surface area contributed by atoms with Crippen LogP contribution in [0.15, 0.2) is 115 Å². The summed E-state index contributed by atoms with van der Waals surface area (Å²) < 4.78 is 0. The third-order valence-electron chi connectivity index (χ3n) is 5.36. The molecule has 0 aliphatic rings. The highest BCUT2D eigenvalue weighted by Crippen LogP contribution is 2.55. The van der Waals surface area contributed by atoms with E-state index in [0.717, 1.165) is 19.3 Å². The number of hydrogen-bond donors (Lipinski definition) is 0. The van der Waals surface area contributed by atoms with Crippen molar-refractivity contribution in [2.75, 3.05) is 6.16 Å². The van der Waals surface area contributed by atoms with Crippen LogP contribution >= 0.6 is 7.26 Å². The number of hydrogen-bond acceptors (Lipinski definition) is 0. The van der Waals surface area contributed by atoms with Gasteiger partial charge in [-0.15, -0.1) is 0 Å². The van der Waals surface area contributed by atoms with Crippen molar-refractivity contribution in [2.45, 2.75) is 32.6 Å². The highest BCUT2D eigenvalue weighted by atomic mass is 127. The van der Waals surface area contributed by atoms with Crippen LogP contribution < -0.4 is 39.9 Å². The first-order valence-corrected chi connectivity index (χ1v) is 12.7. The van der Waals surface area contributed by atoms with Gasteiger partial charge < -0.3 is 24.0 Å². The lowest BCUT2D eigenvalue weighted by atomic mass is 10.2. The van der Waals surface area contributed by atoms with Crippen LogP contribution in [0.4, 0.5) is 0 Å². The van der Waals surface area contributed by atoms with Crippen molar-refractivity contribution in [2.24, 2.45) is 0 Å². The largest absolute Gasteiger partial charge is 1.00 e. The van der Waals surface area contributed by atoms with Gasteiger partial charge in [0.25, 0.3) is 0 Å². The van der Waals surface area contributed by atoms with E-state index in [0.29, 0.717) is 0 Å². The van der Waals surface area contributed by atoms with Crippen LogP contribution in [0.5, 0.6) is 0 Å². The summed E-state index contributed by atoms with van der Waals surface area (Å²) in [5, 5.41) is 4.44. The molecule has 0 aliphatic heterocycles. The third kappa shape index (κ3) is 6.40. The zero-order valence-electron chi connectivity index (χ0n) is 17.8. The maximum Gasteiger partial charge on any atom is 0.112 e. The first kappa shape index (κ1) is 24.6. The second-order valence-corrected chi connectivity index (χ2v) is 10.9. The zero-order valence-corrected chi connectivity index (χ0v) is 20.9. The average Bonchev–Trinajstić information content (AvgIpc) is 2.80. The number of halogens is 1. The van der Waals surface area contributed by atoms with E-state index < -0.39 is 7.26 Å². The summed E-state index contributed by atoms with van der Waals surface area (Å²) in [6.07, 6.45) is 14.9. The zero-order chi connectivity index (χ0) is 20.2. The van der Waals surface area contributed by atoms with Crippen LogP contribution in [0, 0.1) is 0 Å². The van der Waals surface area contributed by atoms with Crippen LogP contribution in [0.3, 0.4) is 0 Å². The van der Waals surface area contributed by atoms with E-state index in [2.05, 4.69) is 122 Å². The average molecular weight is 526 g/mol. The molecule has 0 atom stereocenters.